The molecule has 2 N–H and O–H groups in total. The summed E-state index contributed by atoms with van der Waals surface area (Å²) >= 11 is 3.41. The second-order valence-corrected chi connectivity index (χ2v) is 5.10. The van der Waals surface area contributed by atoms with E-state index < -0.39 is 0 Å². The molecule has 0 fully saturated rings. The maximum atomic E-state index is 5.99. The normalized spacial score (nSPS) is 11.0. The van der Waals surface area contributed by atoms with Crippen molar-refractivity contribution >= 4 is 32.5 Å². The first-order valence-electron chi connectivity index (χ1n) is 5.50. The van der Waals surface area contributed by atoms with Gasteiger partial charge in [0.2, 0.25) is 0 Å². The minimum absolute atomic E-state index is 0.714. The molecule has 0 saturated carbocycles. The number of halogens is 1. The third-order valence-corrected chi connectivity index (χ3v) is 3.22. The standard InChI is InChI=1S/C13H11BrN4/c1-8-5-17-18(7-8)12-3-2-11(15)10-4-9(14)6-16-13(10)12/h2-7H,15H2,1H3. The lowest BCUT2D eigenvalue weighted by atomic mass is 10.1. The molecule has 0 spiro atoms. The van der Waals surface area contributed by atoms with Crippen molar-refractivity contribution in [1.29, 1.82) is 0 Å². The average molecular weight is 303 g/mol. The van der Waals surface area contributed by atoms with Crippen LogP contribution in [0.1, 0.15) is 5.56 Å². The van der Waals surface area contributed by atoms with E-state index in [1.807, 2.05) is 42.2 Å². The molecule has 0 unspecified atom stereocenters. The Bertz CT molecular complexity index is 733. The highest BCUT2D eigenvalue weighted by atomic mass is 79.9. The Morgan fingerprint density at radius 1 is 1.28 bits per heavy atom. The van der Waals surface area contributed by atoms with E-state index in [9.17, 15) is 0 Å². The van der Waals surface area contributed by atoms with Gasteiger partial charge in [-0.15, -0.1) is 0 Å². The van der Waals surface area contributed by atoms with Crippen LogP contribution in [-0.4, -0.2) is 14.8 Å². The highest BCUT2D eigenvalue weighted by Crippen LogP contribution is 2.27. The zero-order valence-corrected chi connectivity index (χ0v) is 11.3. The molecule has 0 aliphatic carbocycles. The quantitative estimate of drug-likeness (QED) is 0.703. The van der Waals surface area contributed by atoms with Crippen molar-refractivity contribution in [3.05, 3.63) is 46.8 Å². The van der Waals surface area contributed by atoms with Gasteiger partial charge in [-0.1, -0.05) is 0 Å². The lowest BCUT2D eigenvalue weighted by Gasteiger charge is -2.08. The number of rotatable bonds is 1. The van der Waals surface area contributed by atoms with E-state index in [1.54, 1.807) is 6.20 Å². The number of anilines is 1. The number of pyridine rings is 1. The summed E-state index contributed by atoms with van der Waals surface area (Å²) in [5.41, 5.74) is 9.59. The third-order valence-electron chi connectivity index (χ3n) is 2.79. The fourth-order valence-corrected chi connectivity index (χ4v) is 2.26. The van der Waals surface area contributed by atoms with Crippen LogP contribution in [0.5, 0.6) is 0 Å². The lowest BCUT2D eigenvalue weighted by Crippen LogP contribution is -1.99. The Labute approximate surface area is 113 Å². The molecule has 0 atom stereocenters. The number of hydrogen-bond donors (Lipinski definition) is 1. The number of nitrogens with zero attached hydrogens (tertiary/aromatic N) is 3. The molecule has 2 aromatic heterocycles. The van der Waals surface area contributed by atoms with Gasteiger partial charge in [-0.3, -0.25) is 4.98 Å². The van der Waals surface area contributed by atoms with Crippen LogP contribution in [0.15, 0.2) is 41.3 Å². The fraction of sp³-hybridized carbons (Fsp3) is 0.0769. The molecule has 1 aromatic carbocycles. The van der Waals surface area contributed by atoms with Gasteiger partial charge in [0.25, 0.3) is 0 Å². The molecule has 0 radical (unpaired) electrons. The van der Waals surface area contributed by atoms with Gasteiger partial charge in [0, 0.05) is 27.9 Å². The van der Waals surface area contributed by atoms with Gasteiger partial charge < -0.3 is 5.73 Å². The SMILES string of the molecule is Cc1cnn(-c2ccc(N)c3cc(Br)cnc23)c1. The van der Waals surface area contributed by atoms with Crippen LogP contribution >= 0.6 is 15.9 Å². The van der Waals surface area contributed by atoms with E-state index in [4.69, 9.17) is 5.73 Å². The van der Waals surface area contributed by atoms with Crippen molar-refractivity contribution in [3.8, 4) is 5.69 Å². The molecule has 0 amide bonds. The van der Waals surface area contributed by atoms with E-state index in [1.165, 1.54) is 0 Å². The summed E-state index contributed by atoms with van der Waals surface area (Å²) in [6, 6.07) is 5.78. The van der Waals surface area contributed by atoms with Gasteiger partial charge in [0.05, 0.1) is 17.4 Å². The summed E-state index contributed by atoms with van der Waals surface area (Å²) in [5.74, 6) is 0. The molecule has 5 heteroatoms. The smallest absolute Gasteiger partial charge is 0.0980 e. The molecule has 0 aliphatic rings. The molecule has 3 rings (SSSR count). The number of aryl methyl sites for hydroxylation is 1. The maximum Gasteiger partial charge on any atom is 0.0980 e. The zero-order chi connectivity index (χ0) is 12.7. The minimum atomic E-state index is 0.714. The molecular formula is C13H11BrN4. The number of fused-ring (bicyclic) bond motifs is 1. The van der Waals surface area contributed by atoms with Crippen molar-refractivity contribution in [3.63, 3.8) is 0 Å². The van der Waals surface area contributed by atoms with Crippen molar-refractivity contribution < 1.29 is 0 Å². The van der Waals surface area contributed by atoms with Crippen LogP contribution in [0, 0.1) is 6.92 Å². The first-order valence-corrected chi connectivity index (χ1v) is 6.30. The van der Waals surface area contributed by atoms with Crippen LogP contribution in [-0.2, 0) is 0 Å². The van der Waals surface area contributed by atoms with E-state index >= 15 is 0 Å². The predicted octanol–water partition coefficient (Wildman–Crippen LogP) is 3.07. The van der Waals surface area contributed by atoms with Crippen LogP contribution in [0.4, 0.5) is 5.69 Å². The number of hydrogen-bond acceptors (Lipinski definition) is 3. The molecule has 2 heterocycles. The highest BCUT2D eigenvalue weighted by molar-refractivity contribution is 9.10. The molecule has 18 heavy (non-hydrogen) atoms. The van der Waals surface area contributed by atoms with E-state index in [0.29, 0.717) is 5.69 Å². The first kappa shape index (κ1) is 11.2. The largest absolute Gasteiger partial charge is 0.398 e. The Morgan fingerprint density at radius 2 is 2.11 bits per heavy atom. The van der Waals surface area contributed by atoms with Crippen LogP contribution < -0.4 is 5.73 Å². The van der Waals surface area contributed by atoms with Gasteiger partial charge in [-0.05, 0) is 46.6 Å². The molecule has 4 nitrogen and oxygen atoms in total. The summed E-state index contributed by atoms with van der Waals surface area (Å²) in [7, 11) is 0. The lowest BCUT2D eigenvalue weighted by molar-refractivity contribution is 0.885. The number of benzene rings is 1. The Hall–Kier alpha value is -1.88. The van der Waals surface area contributed by atoms with Crippen molar-refractivity contribution in [2.75, 3.05) is 5.73 Å². The first-order chi connectivity index (χ1) is 8.65. The van der Waals surface area contributed by atoms with Crippen molar-refractivity contribution in [2.45, 2.75) is 6.92 Å². The predicted molar refractivity (Wildman–Crippen MR) is 75.7 cm³/mol. The monoisotopic (exact) mass is 302 g/mol. The average Bonchev–Trinajstić information content (AvgIpc) is 2.77. The van der Waals surface area contributed by atoms with Crippen molar-refractivity contribution in [1.82, 2.24) is 14.8 Å². The Balaban J connectivity index is 2.34. The number of nitrogen functional groups attached to an aromatic ring is 1. The van der Waals surface area contributed by atoms with E-state index in [0.717, 1.165) is 26.6 Å². The van der Waals surface area contributed by atoms with Gasteiger partial charge in [0.15, 0.2) is 0 Å². The van der Waals surface area contributed by atoms with Crippen LogP contribution in [0.25, 0.3) is 16.6 Å². The molecule has 3 aromatic rings. The van der Waals surface area contributed by atoms with Gasteiger partial charge >= 0.3 is 0 Å². The summed E-state index contributed by atoms with van der Waals surface area (Å²) < 4.78 is 2.73. The second kappa shape index (κ2) is 4.10. The minimum Gasteiger partial charge on any atom is -0.398 e. The molecule has 90 valence electrons. The van der Waals surface area contributed by atoms with Crippen LogP contribution in [0.2, 0.25) is 0 Å². The molecule has 0 bridgehead atoms. The van der Waals surface area contributed by atoms with Crippen LogP contribution in [0.3, 0.4) is 0 Å². The summed E-state index contributed by atoms with van der Waals surface area (Å²) in [6.07, 6.45) is 5.55. The third kappa shape index (κ3) is 1.76. The van der Waals surface area contributed by atoms with Gasteiger partial charge in [-0.25, -0.2) is 4.68 Å². The maximum absolute atomic E-state index is 5.99. The van der Waals surface area contributed by atoms with E-state index in [2.05, 4.69) is 26.0 Å². The Morgan fingerprint density at radius 3 is 2.83 bits per heavy atom. The summed E-state index contributed by atoms with van der Waals surface area (Å²) in [5, 5.41) is 5.24. The molecule has 0 aliphatic heterocycles. The fourth-order valence-electron chi connectivity index (χ4n) is 1.93. The summed E-state index contributed by atoms with van der Waals surface area (Å²) in [4.78, 5) is 4.44. The molecular weight excluding hydrogens is 292 g/mol. The van der Waals surface area contributed by atoms with Gasteiger partial charge in [-0.2, -0.15) is 5.10 Å². The Kier molecular flexibility index (Phi) is 2.56. The molecule has 0 saturated heterocycles. The van der Waals surface area contributed by atoms with E-state index in [-0.39, 0.29) is 0 Å². The second-order valence-electron chi connectivity index (χ2n) is 4.19. The topological polar surface area (TPSA) is 56.7 Å². The highest BCUT2D eigenvalue weighted by Gasteiger charge is 2.08. The number of nitrogens with two attached hydrogens (primary N) is 1. The van der Waals surface area contributed by atoms with Crippen molar-refractivity contribution in [2.24, 2.45) is 0 Å². The van der Waals surface area contributed by atoms with Gasteiger partial charge in [0.1, 0.15) is 0 Å². The zero-order valence-electron chi connectivity index (χ0n) is 9.76. The summed E-state index contributed by atoms with van der Waals surface area (Å²) in [6.45, 7) is 2.01. The number of aromatic nitrogens is 3.